The van der Waals surface area contributed by atoms with Gasteiger partial charge in [-0.15, -0.1) is 0 Å². The third-order valence-electron chi connectivity index (χ3n) is 4.56. The summed E-state index contributed by atoms with van der Waals surface area (Å²) in [6.45, 7) is 0. The van der Waals surface area contributed by atoms with Crippen LogP contribution in [-0.4, -0.2) is 22.8 Å². The minimum Gasteiger partial charge on any atom is -0.422 e. The van der Waals surface area contributed by atoms with Crippen LogP contribution in [0.3, 0.4) is 0 Å². The van der Waals surface area contributed by atoms with E-state index in [1.54, 1.807) is 24.3 Å². The lowest BCUT2D eigenvalue weighted by atomic mass is 10.1. The van der Waals surface area contributed by atoms with Gasteiger partial charge in [0.05, 0.1) is 21.1 Å². The van der Waals surface area contributed by atoms with Crippen LogP contribution in [0.5, 0.6) is 5.75 Å². The Bertz CT molecular complexity index is 1400. The van der Waals surface area contributed by atoms with Gasteiger partial charge in [-0.25, -0.2) is 14.6 Å². The van der Waals surface area contributed by atoms with Gasteiger partial charge in [0, 0.05) is 27.2 Å². The summed E-state index contributed by atoms with van der Waals surface area (Å²) in [5.74, 6) is -1.30. The van der Waals surface area contributed by atoms with Gasteiger partial charge in [-0.2, -0.15) is 0 Å². The zero-order valence-electron chi connectivity index (χ0n) is 16.8. The molecule has 0 aliphatic carbocycles. The first-order valence-corrected chi connectivity index (χ1v) is 11.0. The van der Waals surface area contributed by atoms with Crippen LogP contribution in [0.2, 0.25) is 10.0 Å². The summed E-state index contributed by atoms with van der Waals surface area (Å²) in [4.78, 5) is 39.4. The molecule has 0 N–H and O–H groups in total. The zero-order chi connectivity index (χ0) is 24.4. The normalized spacial score (nSPS) is 14.0. The Balaban J connectivity index is 1.64. The molecule has 0 saturated heterocycles. The molecule has 1 aliphatic heterocycles. The number of nitro groups is 1. The van der Waals surface area contributed by atoms with Crippen molar-refractivity contribution in [3.63, 3.8) is 0 Å². The number of hydrogen-bond donors (Lipinski definition) is 0. The summed E-state index contributed by atoms with van der Waals surface area (Å²) in [5, 5.41) is 11.5. The van der Waals surface area contributed by atoms with E-state index in [0.717, 1.165) is 0 Å². The molecule has 0 aromatic heterocycles. The van der Waals surface area contributed by atoms with Crippen molar-refractivity contribution in [3.8, 4) is 5.75 Å². The van der Waals surface area contributed by atoms with Crippen LogP contribution in [0.1, 0.15) is 21.5 Å². The molecule has 8 nitrogen and oxygen atoms in total. The quantitative estimate of drug-likeness (QED) is 0.120. The summed E-state index contributed by atoms with van der Waals surface area (Å²) >= 11 is 15.4. The zero-order valence-corrected chi connectivity index (χ0v) is 19.9. The Morgan fingerprint density at radius 1 is 1.09 bits per heavy atom. The Hall–Kier alpha value is -3.53. The third-order valence-corrected chi connectivity index (χ3v) is 5.60. The minimum absolute atomic E-state index is 0.0114. The number of carbonyl (C=O) groups is 2. The van der Waals surface area contributed by atoms with Gasteiger partial charge in [-0.05, 0) is 54.6 Å². The number of carbonyl (C=O) groups excluding carboxylic acids is 2. The van der Waals surface area contributed by atoms with Crippen LogP contribution < -0.4 is 4.74 Å². The molecule has 11 heteroatoms. The van der Waals surface area contributed by atoms with Crippen molar-refractivity contribution < 1.29 is 24.0 Å². The lowest BCUT2D eigenvalue weighted by Gasteiger charge is -2.08. The molecule has 3 aromatic carbocycles. The number of halogens is 3. The second kappa shape index (κ2) is 9.76. The van der Waals surface area contributed by atoms with E-state index in [4.69, 9.17) is 32.7 Å². The van der Waals surface area contributed by atoms with Crippen molar-refractivity contribution in [2.75, 3.05) is 0 Å². The number of non-ortho nitro benzene ring substituents is 1. The highest BCUT2D eigenvalue weighted by molar-refractivity contribution is 9.10. The largest absolute Gasteiger partial charge is 0.422 e. The van der Waals surface area contributed by atoms with Crippen LogP contribution >= 0.6 is 39.1 Å². The molecule has 0 amide bonds. The number of hydrogen-bond acceptors (Lipinski definition) is 7. The Kier molecular flexibility index (Phi) is 6.78. The first-order chi connectivity index (χ1) is 16.2. The number of ether oxygens (including phenoxy) is 2. The molecule has 0 spiro atoms. The highest BCUT2D eigenvalue weighted by atomic mass is 79.9. The van der Waals surface area contributed by atoms with Crippen molar-refractivity contribution in [1.29, 1.82) is 0 Å². The van der Waals surface area contributed by atoms with E-state index in [-0.39, 0.29) is 33.6 Å². The van der Waals surface area contributed by atoms with Crippen molar-refractivity contribution in [2.45, 2.75) is 0 Å². The molecular weight excluding hydrogens is 551 g/mol. The van der Waals surface area contributed by atoms with Gasteiger partial charge < -0.3 is 9.47 Å². The van der Waals surface area contributed by atoms with Crippen LogP contribution in [0.15, 0.2) is 75.8 Å². The maximum Gasteiger partial charge on any atom is 0.363 e. The number of aliphatic imine (C=N–C) groups is 1. The summed E-state index contributed by atoms with van der Waals surface area (Å²) in [7, 11) is 0. The predicted molar refractivity (Wildman–Crippen MR) is 129 cm³/mol. The van der Waals surface area contributed by atoms with Gasteiger partial charge in [0.15, 0.2) is 5.70 Å². The number of nitro benzene ring substituents is 1. The third kappa shape index (κ3) is 5.17. The van der Waals surface area contributed by atoms with Gasteiger partial charge in [0.2, 0.25) is 5.90 Å². The van der Waals surface area contributed by atoms with E-state index in [1.165, 1.54) is 42.5 Å². The highest BCUT2D eigenvalue weighted by Gasteiger charge is 2.26. The second-order valence-corrected chi connectivity index (χ2v) is 8.60. The molecule has 1 aliphatic rings. The number of cyclic esters (lactones) is 1. The van der Waals surface area contributed by atoms with Crippen molar-refractivity contribution >= 4 is 68.7 Å². The van der Waals surface area contributed by atoms with Crippen molar-refractivity contribution in [2.24, 2.45) is 4.99 Å². The van der Waals surface area contributed by atoms with Crippen molar-refractivity contribution in [1.82, 2.24) is 0 Å². The van der Waals surface area contributed by atoms with E-state index in [9.17, 15) is 19.7 Å². The molecule has 0 bridgehead atoms. The van der Waals surface area contributed by atoms with E-state index in [2.05, 4.69) is 20.9 Å². The molecule has 170 valence electrons. The van der Waals surface area contributed by atoms with Gasteiger partial charge in [0.1, 0.15) is 5.75 Å². The SMILES string of the molecule is O=C1OC(c2ccc(Cl)cc2Cl)=N/C1=C/c1cc(Br)ccc1OC(=O)c1ccc([N+](=O)[O-])cc1. The Morgan fingerprint density at radius 3 is 2.50 bits per heavy atom. The van der Waals surface area contributed by atoms with Crippen LogP contribution in [0.4, 0.5) is 5.69 Å². The van der Waals surface area contributed by atoms with E-state index >= 15 is 0 Å². The first kappa shape index (κ1) is 23.6. The van der Waals surface area contributed by atoms with Gasteiger partial charge in [0.25, 0.3) is 5.69 Å². The molecule has 0 fully saturated rings. The minimum atomic E-state index is -0.733. The number of benzene rings is 3. The Morgan fingerprint density at radius 2 is 1.82 bits per heavy atom. The summed E-state index contributed by atoms with van der Waals surface area (Å²) in [5.41, 5.74) is 0.683. The van der Waals surface area contributed by atoms with Gasteiger partial charge in [-0.1, -0.05) is 39.1 Å². The molecule has 4 rings (SSSR count). The summed E-state index contributed by atoms with van der Waals surface area (Å²) < 4.78 is 11.4. The summed E-state index contributed by atoms with van der Waals surface area (Å²) in [6.07, 6.45) is 1.41. The standard InChI is InChI=1S/C23H11BrCl2N2O6/c24-14-3-8-20(33-22(29)12-1-5-16(6-2-12)28(31)32)13(9-14)10-19-23(30)34-21(27-19)17-7-4-15(25)11-18(17)26/h1-11H/b19-10+. The molecular formula is C23H11BrCl2N2O6. The smallest absolute Gasteiger partial charge is 0.363 e. The van der Waals surface area contributed by atoms with Gasteiger partial charge in [-0.3, -0.25) is 10.1 Å². The molecule has 3 aromatic rings. The molecule has 0 saturated carbocycles. The maximum atomic E-state index is 12.6. The lowest BCUT2D eigenvalue weighted by Crippen LogP contribution is -2.09. The van der Waals surface area contributed by atoms with Crippen LogP contribution in [-0.2, 0) is 9.53 Å². The fraction of sp³-hybridized carbons (Fsp3) is 0. The molecule has 0 atom stereocenters. The number of rotatable bonds is 5. The molecule has 1 heterocycles. The van der Waals surface area contributed by atoms with E-state index < -0.39 is 16.9 Å². The molecule has 34 heavy (non-hydrogen) atoms. The number of nitrogens with zero attached hydrogens (tertiary/aromatic N) is 2. The van der Waals surface area contributed by atoms with Gasteiger partial charge >= 0.3 is 11.9 Å². The van der Waals surface area contributed by atoms with Crippen molar-refractivity contribution in [3.05, 3.63) is 108 Å². The lowest BCUT2D eigenvalue weighted by molar-refractivity contribution is -0.384. The van der Waals surface area contributed by atoms with Crippen LogP contribution in [0, 0.1) is 10.1 Å². The summed E-state index contributed by atoms with van der Waals surface area (Å²) in [6, 6.07) is 14.5. The second-order valence-electron chi connectivity index (χ2n) is 6.84. The molecule has 0 radical (unpaired) electrons. The highest BCUT2D eigenvalue weighted by Crippen LogP contribution is 2.30. The Labute approximate surface area is 210 Å². The average molecular weight is 562 g/mol. The van der Waals surface area contributed by atoms with E-state index in [0.29, 0.717) is 20.6 Å². The first-order valence-electron chi connectivity index (χ1n) is 9.45. The topological polar surface area (TPSA) is 108 Å². The number of esters is 2. The average Bonchev–Trinajstić information content (AvgIpc) is 3.15. The molecule has 0 unspecified atom stereocenters. The fourth-order valence-electron chi connectivity index (χ4n) is 2.94. The van der Waals surface area contributed by atoms with Crippen LogP contribution in [0.25, 0.3) is 6.08 Å². The van der Waals surface area contributed by atoms with E-state index in [1.807, 2.05) is 0 Å². The maximum absolute atomic E-state index is 12.6. The fourth-order valence-corrected chi connectivity index (χ4v) is 3.81. The monoisotopic (exact) mass is 560 g/mol. The predicted octanol–water partition coefficient (Wildman–Crippen LogP) is 6.23.